The Morgan fingerprint density at radius 2 is 1.50 bits per heavy atom. The van der Waals surface area contributed by atoms with Crippen molar-refractivity contribution in [2.75, 3.05) is 0 Å². The van der Waals surface area contributed by atoms with E-state index in [1.165, 1.54) is 25.7 Å². The second kappa shape index (κ2) is 11.1. The lowest BCUT2D eigenvalue weighted by Gasteiger charge is -2.17. The quantitative estimate of drug-likeness (QED) is 0.225. The Labute approximate surface area is 182 Å². The van der Waals surface area contributed by atoms with Gasteiger partial charge in [-0.25, -0.2) is 0 Å². The van der Waals surface area contributed by atoms with Gasteiger partial charge in [0, 0.05) is 5.56 Å². The molecule has 1 aromatic rings. The third-order valence-corrected chi connectivity index (χ3v) is 6.62. The average Bonchev–Trinajstić information content (AvgIpc) is 3.45. The summed E-state index contributed by atoms with van der Waals surface area (Å²) in [6, 6.07) is 3.57. The van der Waals surface area contributed by atoms with Gasteiger partial charge in [-0.15, -0.1) is 0 Å². The number of aromatic hydroxyl groups is 2. The summed E-state index contributed by atoms with van der Waals surface area (Å²) in [5.74, 6) is -0.616. The van der Waals surface area contributed by atoms with Crippen molar-refractivity contribution in [2.24, 2.45) is 10.8 Å². The lowest BCUT2D eigenvalue weighted by atomic mass is 9.89. The van der Waals surface area contributed by atoms with Crippen LogP contribution in [-0.2, 0) is 17.6 Å². The molecule has 0 atom stereocenters. The molecule has 4 nitrogen and oxygen atoms in total. The standard InChI is InChI=1S/C26H42O4/c1-25(2,3)16-10-6-4-8-12-20-14-15-22(27)23(28)21(20)13-9-5-7-11-17-26(18-19-26)24(29)30/h14-15,27-28H,4-13,16-19H2,1-3H3,(H,29,30). The fourth-order valence-corrected chi connectivity index (χ4v) is 4.34. The van der Waals surface area contributed by atoms with Crippen molar-refractivity contribution < 1.29 is 20.1 Å². The van der Waals surface area contributed by atoms with Crippen molar-refractivity contribution in [3.05, 3.63) is 23.3 Å². The number of benzene rings is 1. The largest absolute Gasteiger partial charge is 0.504 e. The Bertz CT molecular complexity index is 683. The number of aliphatic carboxylic acids is 1. The molecule has 0 spiro atoms. The van der Waals surface area contributed by atoms with E-state index in [0.29, 0.717) is 5.41 Å². The molecule has 0 amide bonds. The lowest BCUT2D eigenvalue weighted by molar-refractivity contribution is -0.143. The smallest absolute Gasteiger partial charge is 0.309 e. The second-order valence-corrected chi connectivity index (χ2v) is 10.5. The molecule has 0 unspecified atom stereocenters. The van der Waals surface area contributed by atoms with Crippen LogP contribution in [-0.4, -0.2) is 21.3 Å². The molecule has 170 valence electrons. The normalized spacial score (nSPS) is 15.3. The first-order valence-electron chi connectivity index (χ1n) is 11.9. The number of rotatable bonds is 14. The first-order chi connectivity index (χ1) is 14.1. The second-order valence-electron chi connectivity index (χ2n) is 10.5. The molecule has 1 aliphatic carbocycles. The molecule has 0 heterocycles. The van der Waals surface area contributed by atoms with Crippen LogP contribution in [0.1, 0.15) is 109 Å². The van der Waals surface area contributed by atoms with Crippen molar-refractivity contribution in [2.45, 2.75) is 111 Å². The highest BCUT2D eigenvalue weighted by Gasteiger charge is 2.49. The van der Waals surface area contributed by atoms with Crippen LogP contribution in [0.15, 0.2) is 12.1 Å². The van der Waals surface area contributed by atoms with Crippen LogP contribution in [0.2, 0.25) is 0 Å². The average molecular weight is 419 g/mol. The Hall–Kier alpha value is -1.71. The van der Waals surface area contributed by atoms with Crippen molar-refractivity contribution >= 4 is 5.97 Å². The summed E-state index contributed by atoms with van der Waals surface area (Å²) in [5.41, 5.74) is 2.05. The number of carboxylic acids is 1. The first kappa shape index (κ1) is 24.6. The van der Waals surface area contributed by atoms with Crippen LogP contribution in [0.5, 0.6) is 11.5 Å². The molecule has 30 heavy (non-hydrogen) atoms. The fraction of sp³-hybridized carbons (Fsp3) is 0.731. The molecule has 0 saturated heterocycles. The van der Waals surface area contributed by atoms with E-state index in [1.807, 2.05) is 6.07 Å². The highest BCUT2D eigenvalue weighted by atomic mass is 16.4. The number of hydrogen-bond donors (Lipinski definition) is 3. The summed E-state index contributed by atoms with van der Waals surface area (Å²) in [5, 5.41) is 29.5. The van der Waals surface area contributed by atoms with Gasteiger partial charge in [-0.05, 0) is 68.4 Å². The van der Waals surface area contributed by atoms with E-state index >= 15 is 0 Å². The van der Waals surface area contributed by atoms with Gasteiger partial charge in [0.25, 0.3) is 0 Å². The molecule has 0 radical (unpaired) electrons. The summed E-state index contributed by atoms with van der Waals surface area (Å²) in [4.78, 5) is 11.2. The summed E-state index contributed by atoms with van der Waals surface area (Å²) >= 11 is 0. The predicted molar refractivity (Wildman–Crippen MR) is 122 cm³/mol. The number of carboxylic acid groups (broad SMARTS) is 1. The van der Waals surface area contributed by atoms with Gasteiger partial charge in [0.15, 0.2) is 11.5 Å². The van der Waals surface area contributed by atoms with Gasteiger partial charge in [0.2, 0.25) is 0 Å². The zero-order valence-electron chi connectivity index (χ0n) is 19.3. The van der Waals surface area contributed by atoms with E-state index in [9.17, 15) is 20.1 Å². The van der Waals surface area contributed by atoms with E-state index in [-0.39, 0.29) is 11.5 Å². The topological polar surface area (TPSA) is 77.8 Å². The minimum absolute atomic E-state index is 0.0314. The van der Waals surface area contributed by atoms with Crippen molar-refractivity contribution in [3.63, 3.8) is 0 Å². The van der Waals surface area contributed by atoms with Gasteiger partial charge < -0.3 is 15.3 Å². The molecule has 3 N–H and O–H groups in total. The number of unbranched alkanes of at least 4 members (excludes halogenated alkanes) is 6. The van der Waals surface area contributed by atoms with Crippen molar-refractivity contribution in [3.8, 4) is 11.5 Å². The molecule has 0 aromatic heterocycles. The Morgan fingerprint density at radius 1 is 0.900 bits per heavy atom. The zero-order valence-corrected chi connectivity index (χ0v) is 19.3. The van der Waals surface area contributed by atoms with Crippen molar-refractivity contribution in [1.82, 2.24) is 0 Å². The van der Waals surface area contributed by atoms with Crippen LogP contribution in [0, 0.1) is 10.8 Å². The van der Waals surface area contributed by atoms with Crippen LogP contribution >= 0.6 is 0 Å². The summed E-state index contributed by atoms with van der Waals surface area (Å²) in [6.45, 7) is 6.86. The molecule has 0 bridgehead atoms. The Kier molecular flexibility index (Phi) is 9.06. The van der Waals surface area contributed by atoms with Crippen LogP contribution in [0.25, 0.3) is 0 Å². The van der Waals surface area contributed by atoms with E-state index in [4.69, 9.17) is 0 Å². The van der Waals surface area contributed by atoms with Gasteiger partial charge in [-0.3, -0.25) is 4.79 Å². The first-order valence-corrected chi connectivity index (χ1v) is 11.9. The molecule has 1 aromatic carbocycles. The van der Waals surface area contributed by atoms with Crippen LogP contribution in [0.3, 0.4) is 0 Å². The van der Waals surface area contributed by atoms with E-state index in [2.05, 4.69) is 20.8 Å². The molecular weight excluding hydrogens is 376 g/mol. The molecule has 1 fully saturated rings. The highest BCUT2D eigenvalue weighted by Crippen LogP contribution is 2.50. The number of carbonyl (C=O) groups is 1. The Balaban J connectivity index is 1.72. The molecule has 0 aliphatic heterocycles. The third kappa shape index (κ3) is 7.85. The molecular formula is C26H42O4. The maximum absolute atomic E-state index is 11.2. The van der Waals surface area contributed by atoms with E-state index in [0.717, 1.165) is 75.3 Å². The van der Waals surface area contributed by atoms with E-state index < -0.39 is 11.4 Å². The third-order valence-electron chi connectivity index (χ3n) is 6.62. The minimum Gasteiger partial charge on any atom is -0.504 e. The summed E-state index contributed by atoms with van der Waals surface area (Å²) < 4.78 is 0. The van der Waals surface area contributed by atoms with Gasteiger partial charge in [-0.2, -0.15) is 0 Å². The van der Waals surface area contributed by atoms with Gasteiger partial charge in [0.1, 0.15) is 0 Å². The fourth-order valence-electron chi connectivity index (χ4n) is 4.34. The number of phenols is 2. The maximum atomic E-state index is 11.2. The van der Waals surface area contributed by atoms with Crippen LogP contribution < -0.4 is 0 Å². The summed E-state index contributed by atoms with van der Waals surface area (Å²) in [7, 11) is 0. The maximum Gasteiger partial charge on any atom is 0.309 e. The minimum atomic E-state index is -0.629. The van der Waals surface area contributed by atoms with Gasteiger partial charge in [-0.1, -0.05) is 65.4 Å². The molecule has 1 aliphatic rings. The molecule has 2 rings (SSSR count). The predicted octanol–water partition coefficient (Wildman–Crippen LogP) is 6.99. The number of aryl methyl sites for hydroxylation is 1. The van der Waals surface area contributed by atoms with Gasteiger partial charge >= 0.3 is 5.97 Å². The van der Waals surface area contributed by atoms with E-state index in [1.54, 1.807) is 6.07 Å². The zero-order chi connectivity index (χ0) is 22.2. The molecule has 4 heteroatoms. The number of hydrogen-bond acceptors (Lipinski definition) is 3. The van der Waals surface area contributed by atoms with Gasteiger partial charge in [0.05, 0.1) is 5.41 Å². The van der Waals surface area contributed by atoms with Crippen molar-refractivity contribution in [1.29, 1.82) is 0 Å². The lowest BCUT2D eigenvalue weighted by Crippen LogP contribution is -2.14. The SMILES string of the molecule is CC(C)(C)CCCCCCc1ccc(O)c(O)c1CCCCCCC1(C(=O)O)CC1. The highest BCUT2D eigenvalue weighted by molar-refractivity contribution is 5.77. The van der Waals surface area contributed by atoms with Crippen LogP contribution in [0.4, 0.5) is 0 Å². The monoisotopic (exact) mass is 418 g/mol. The summed E-state index contributed by atoms with van der Waals surface area (Å²) in [6.07, 6.45) is 14.2. The number of phenolic OH excluding ortho intramolecular Hbond substituents is 2. The molecule has 1 saturated carbocycles. The Morgan fingerprint density at radius 3 is 2.10 bits per heavy atom.